The number of pyridine rings is 1. The highest BCUT2D eigenvalue weighted by molar-refractivity contribution is 5.70. The number of rotatable bonds is 4. The van der Waals surface area contributed by atoms with Gasteiger partial charge in [-0.05, 0) is 37.5 Å². The van der Waals surface area contributed by atoms with E-state index in [2.05, 4.69) is 9.88 Å². The Morgan fingerprint density at radius 3 is 2.62 bits per heavy atom. The molecule has 1 aromatic carbocycles. The molecule has 0 bridgehead atoms. The van der Waals surface area contributed by atoms with Crippen molar-refractivity contribution in [2.24, 2.45) is 0 Å². The van der Waals surface area contributed by atoms with Gasteiger partial charge in [0.1, 0.15) is 5.60 Å². The number of nitro groups is 1. The lowest BCUT2D eigenvalue weighted by Gasteiger charge is -2.36. The molecule has 0 amide bonds. The molecule has 1 aromatic heterocycles. The van der Waals surface area contributed by atoms with E-state index in [1.165, 1.54) is 0 Å². The van der Waals surface area contributed by atoms with Crippen LogP contribution in [-0.2, 0) is 10.3 Å². The maximum Gasteiger partial charge on any atom is 0.272 e. The normalized spacial score (nSPS) is 19.0. The Hall–Kier alpha value is -2.51. The van der Waals surface area contributed by atoms with E-state index < -0.39 is 5.60 Å². The summed E-state index contributed by atoms with van der Waals surface area (Å²) >= 11 is 0. The fraction of sp³-hybridized carbons (Fsp3) is 0.421. The van der Waals surface area contributed by atoms with E-state index in [0.717, 1.165) is 12.1 Å². The minimum absolute atomic E-state index is 0.0403. The number of ether oxygens (including phenoxy) is 1. The summed E-state index contributed by atoms with van der Waals surface area (Å²) in [5.41, 5.74) is 1.95. The summed E-state index contributed by atoms with van der Waals surface area (Å²) in [6.45, 7) is 2.62. The van der Waals surface area contributed by atoms with Crippen molar-refractivity contribution in [3.8, 4) is 11.3 Å². The van der Waals surface area contributed by atoms with Gasteiger partial charge >= 0.3 is 0 Å². The molecule has 1 aliphatic carbocycles. The predicted molar refractivity (Wildman–Crippen MR) is 97.1 cm³/mol. The standard InChI is InChI=1S/C19H21N3O4/c23-19(5-2-6-19)18-4-1-3-17(20-18)14-11-15(13-16(12-14)22(24)25)21-7-9-26-10-8-21/h1,3-4,11-13,23H,2,5-10H2. The van der Waals surface area contributed by atoms with Gasteiger partial charge in [-0.2, -0.15) is 0 Å². The van der Waals surface area contributed by atoms with Crippen molar-refractivity contribution < 1.29 is 14.8 Å². The fourth-order valence-corrected chi connectivity index (χ4v) is 3.48. The van der Waals surface area contributed by atoms with Crippen molar-refractivity contribution in [2.45, 2.75) is 24.9 Å². The molecular weight excluding hydrogens is 334 g/mol. The Balaban J connectivity index is 1.74. The van der Waals surface area contributed by atoms with Crippen LogP contribution in [0.1, 0.15) is 25.0 Å². The summed E-state index contributed by atoms with van der Waals surface area (Å²) in [4.78, 5) is 17.7. The molecule has 26 heavy (non-hydrogen) atoms. The van der Waals surface area contributed by atoms with Crippen molar-refractivity contribution in [3.05, 3.63) is 52.2 Å². The maximum absolute atomic E-state index is 11.4. The third-order valence-corrected chi connectivity index (χ3v) is 5.19. The average molecular weight is 355 g/mol. The monoisotopic (exact) mass is 355 g/mol. The van der Waals surface area contributed by atoms with Crippen LogP contribution in [0.15, 0.2) is 36.4 Å². The summed E-state index contributed by atoms with van der Waals surface area (Å²) in [6, 6.07) is 10.6. The van der Waals surface area contributed by atoms with E-state index in [1.807, 2.05) is 24.3 Å². The Morgan fingerprint density at radius 2 is 1.96 bits per heavy atom. The molecule has 1 saturated carbocycles. The zero-order valence-electron chi connectivity index (χ0n) is 14.4. The highest BCUT2D eigenvalue weighted by Crippen LogP contribution is 2.41. The Bertz CT molecular complexity index is 829. The topological polar surface area (TPSA) is 88.7 Å². The second-order valence-corrected chi connectivity index (χ2v) is 6.89. The number of non-ortho nitro benzene ring substituents is 1. The van der Waals surface area contributed by atoms with Crippen LogP contribution in [0.4, 0.5) is 11.4 Å². The first-order chi connectivity index (χ1) is 12.5. The molecule has 7 nitrogen and oxygen atoms in total. The first-order valence-electron chi connectivity index (χ1n) is 8.88. The van der Waals surface area contributed by atoms with E-state index in [-0.39, 0.29) is 10.6 Å². The van der Waals surface area contributed by atoms with Crippen LogP contribution in [0.3, 0.4) is 0 Å². The Labute approximate surface area is 151 Å². The SMILES string of the molecule is O=[N+]([O-])c1cc(-c2cccc(C3(O)CCC3)n2)cc(N2CCOCC2)c1. The van der Waals surface area contributed by atoms with Gasteiger partial charge in [-0.3, -0.25) is 10.1 Å². The summed E-state index contributed by atoms with van der Waals surface area (Å²) in [5, 5.41) is 22.0. The molecular formula is C19H21N3O4. The first-order valence-corrected chi connectivity index (χ1v) is 8.88. The maximum atomic E-state index is 11.4. The molecule has 4 rings (SSSR count). The van der Waals surface area contributed by atoms with Gasteiger partial charge in [0, 0.05) is 36.5 Å². The lowest BCUT2D eigenvalue weighted by atomic mass is 9.77. The third kappa shape index (κ3) is 3.15. The number of aromatic nitrogens is 1. The van der Waals surface area contributed by atoms with Gasteiger partial charge in [0.15, 0.2) is 0 Å². The highest BCUT2D eigenvalue weighted by Gasteiger charge is 2.37. The lowest BCUT2D eigenvalue weighted by molar-refractivity contribution is -0.384. The van der Waals surface area contributed by atoms with E-state index in [4.69, 9.17) is 4.74 Å². The van der Waals surface area contributed by atoms with E-state index in [1.54, 1.807) is 12.1 Å². The van der Waals surface area contributed by atoms with Gasteiger partial charge in [-0.25, -0.2) is 4.98 Å². The second kappa shape index (κ2) is 6.66. The van der Waals surface area contributed by atoms with E-state index in [9.17, 15) is 15.2 Å². The zero-order valence-corrected chi connectivity index (χ0v) is 14.4. The molecule has 136 valence electrons. The van der Waals surface area contributed by atoms with E-state index >= 15 is 0 Å². The zero-order chi connectivity index (χ0) is 18.1. The molecule has 0 radical (unpaired) electrons. The average Bonchev–Trinajstić information content (AvgIpc) is 2.66. The molecule has 7 heteroatoms. The van der Waals surface area contributed by atoms with Gasteiger partial charge in [0.05, 0.1) is 29.5 Å². The molecule has 2 heterocycles. The van der Waals surface area contributed by atoms with Crippen LogP contribution >= 0.6 is 0 Å². The lowest BCUT2D eigenvalue weighted by Crippen LogP contribution is -2.36. The number of anilines is 1. The number of morpholine rings is 1. The summed E-state index contributed by atoms with van der Waals surface area (Å²) in [6.07, 6.45) is 2.40. The van der Waals surface area contributed by atoms with Gasteiger partial charge in [0.25, 0.3) is 5.69 Å². The number of hydrogen-bond acceptors (Lipinski definition) is 6. The molecule has 1 N–H and O–H groups in total. The summed E-state index contributed by atoms with van der Waals surface area (Å²) in [7, 11) is 0. The van der Waals surface area contributed by atoms with Crippen LogP contribution < -0.4 is 4.90 Å². The van der Waals surface area contributed by atoms with Crippen LogP contribution in [-0.4, -0.2) is 41.3 Å². The van der Waals surface area contributed by atoms with Crippen LogP contribution in [0.25, 0.3) is 11.3 Å². The highest BCUT2D eigenvalue weighted by atomic mass is 16.6. The molecule has 1 aliphatic heterocycles. The minimum Gasteiger partial charge on any atom is -0.384 e. The fourth-order valence-electron chi connectivity index (χ4n) is 3.48. The smallest absolute Gasteiger partial charge is 0.272 e. The number of nitro benzene ring substituents is 1. The largest absolute Gasteiger partial charge is 0.384 e. The molecule has 1 saturated heterocycles. The van der Waals surface area contributed by atoms with Crippen LogP contribution in [0, 0.1) is 10.1 Å². The molecule has 2 fully saturated rings. The first kappa shape index (κ1) is 16.9. The van der Waals surface area contributed by atoms with Crippen molar-refractivity contribution in [2.75, 3.05) is 31.2 Å². The number of hydrogen-bond donors (Lipinski definition) is 1. The van der Waals surface area contributed by atoms with E-state index in [0.29, 0.717) is 56.1 Å². The number of nitrogens with zero attached hydrogens (tertiary/aromatic N) is 3. The molecule has 2 aliphatic rings. The number of benzene rings is 1. The van der Waals surface area contributed by atoms with Crippen molar-refractivity contribution in [1.82, 2.24) is 4.98 Å². The number of aliphatic hydroxyl groups is 1. The van der Waals surface area contributed by atoms with Crippen molar-refractivity contribution in [3.63, 3.8) is 0 Å². The molecule has 0 unspecified atom stereocenters. The van der Waals surface area contributed by atoms with Crippen LogP contribution in [0.5, 0.6) is 0 Å². The van der Waals surface area contributed by atoms with Gasteiger partial charge < -0.3 is 14.7 Å². The Morgan fingerprint density at radius 1 is 1.19 bits per heavy atom. The predicted octanol–water partition coefficient (Wildman–Crippen LogP) is 2.86. The van der Waals surface area contributed by atoms with Crippen molar-refractivity contribution in [1.29, 1.82) is 0 Å². The molecule has 0 atom stereocenters. The minimum atomic E-state index is -0.857. The molecule has 0 spiro atoms. The quantitative estimate of drug-likeness (QED) is 0.670. The van der Waals surface area contributed by atoms with Crippen LogP contribution in [0.2, 0.25) is 0 Å². The third-order valence-electron chi connectivity index (χ3n) is 5.19. The summed E-state index contributed by atoms with van der Waals surface area (Å²) < 4.78 is 5.37. The van der Waals surface area contributed by atoms with Crippen molar-refractivity contribution >= 4 is 11.4 Å². The van der Waals surface area contributed by atoms with Gasteiger partial charge in [0.2, 0.25) is 0 Å². The summed E-state index contributed by atoms with van der Waals surface area (Å²) in [5.74, 6) is 0. The van der Waals surface area contributed by atoms with Gasteiger partial charge in [-0.1, -0.05) is 6.07 Å². The second-order valence-electron chi connectivity index (χ2n) is 6.89. The van der Waals surface area contributed by atoms with Gasteiger partial charge in [-0.15, -0.1) is 0 Å². The Kier molecular flexibility index (Phi) is 4.34. The molecule has 2 aromatic rings.